The Morgan fingerprint density at radius 1 is 0.824 bits per heavy atom. The molecule has 1 nitrogen and oxygen atoms in total. The van der Waals surface area contributed by atoms with Gasteiger partial charge in [0, 0.05) is 7.11 Å². The van der Waals surface area contributed by atoms with Gasteiger partial charge in [0.1, 0.15) is 0 Å². The summed E-state index contributed by atoms with van der Waals surface area (Å²) in [7, 11) is 1.90. The van der Waals surface area contributed by atoms with E-state index in [1.807, 2.05) is 7.11 Å². The molecule has 0 bridgehead atoms. The molecule has 0 aromatic heterocycles. The van der Waals surface area contributed by atoms with Gasteiger partial charge >= 0.3 is 0 Å². The van der Waals surface area contributed by atoms with Crippen molar-refractivity contribution in [3.63, 3.8) is 0 Å². The molecule has 1 fully saturated rings. The lowest BCUT2D eigenvalue weighted by Gasteiger charge is -2.50. The van der Waals surface area contributed by atoms with Crippen LogP contribution in [0.4, 0.5) is 0 Å². The van der Waals surface area contributed by atoms with Crippen molar-refractivity contribution in [2.45, 2.75) is 67.4 Å². The van der Waals surface area contributed by atoms with Crippen LogP contribution < -0.4 is 0 Å². The van der Waals surface area contributed by atoms with Gasteiger partial charge in [-0.2, -0.15) is 0 Å². The summed E-state index contributed by atoms with van der Waals surface area (Å²) in [6.07, 6.45) is 3.05. The molecule has 17 heavy (non-hydrogen) atoms. The Labute approximate surface area is 108 Å². The maximum atomic E-state index is 5.92. The molecule has 1 aliphatic rings. The minimum absolute atomic E-state index is 0.346. The molecule has 2 atom stereocenters. The van der Waals surface area contributed by atoms with Crippen LogP contribution in [0.15, 0.2) is 0 Å². The fourth-order valence-corrected chi connectivity index (χ4v) is 3.53. The Morgan fingerprint density at radius 3 is 1.41 bits per heavy atom. The summed E-state index contributed by atoms with van der Waals surface area (Å²) in [6, 6.07) is 0. The zero-order chi connectivity index (χ0) is 13.4. The average molecular weight is 240 g/mol. The molecule has 1 saturated carbocycles. The molecule has 0 aromatic carbocycles. The highest BCUT2D eigenvalue weighted by Gasteiger charge is 2.45. The van der Waals surface area contributed by atoms with Gasteiger partial charge in [-0.05, 0) is 41.4 Å². The van der Waals surface area contributed by atoms with Gasteiger partial charge in [-0.25, -0.2) is 0 Å². The minimum Gasteiger partial charge on any atom is -0.381 e. The van der Waals surface area contributed by atoms with Crippen molar-refractivity contribution < 1.29 is 4.74 Å². The van der Waals surface area contributed by atoms with Crippen molar-refractivity contribution in [1.29, 1.82) is 0 Å². The second kappa shape index (κ2) is 4.91. The lowest BCUT2D eigenvalue weighted by molar-refractivity contribution is -0.102. The van der Waals surface area contributed by atoms with Crippen LogP contribution in [0.2, 0.25) is 0 Å². The lowest BCUT2D eigenvalue weighted by Crippen LogP contribution is -2.48. The molecule has 0 radical (unpaired) electrons. The van der Waals surface area contributed by atoms with Gasteiger partial charge in [0.2, 0.25) is 0 Å². The quantitative estimate of drug-likeness (QED) is 0.642. The largest absolute Gasteiger partial charge is 0.381 e. The van der Waals surface area contributed by atoms with Crippen molar-refractivity contribution in [3.8, 4) is 0 Å². The highest BCUT2D eigenvalue weighted by Crippen LogP contribution is 2.49. The number of hydrogen-bond acceptors (Lipinski definition) is 1. The molecule has 2 unspecified atom stereocenters. The van der Waals surface area contributed by atoms with E-state index in [2.05, 4.69) is 48.5 Å². The summed E-state index contributed by atoms with van der Waals surface area (Å²) in [5.74, 6) is 2.19. The van der Waals surface area contributed by atoms with Gasteiger partial charge in [0.05, 0.1) is 6.10 Å². The monoisotopic (exact) mass is 240 g/mol. The van der Waals surface area contributed by atoms with Crippen LogP contribution in [-0.2, 0) is 4.74 Å². The summed E-state index contributed by atoms with van der Waals surface area (Å²) in [4.78, 5) is 0. The molecule has 0 aromatic rings. The number of hydrogen-bond donors (Lipinski definition) is 0. The topological polar surface area (TPSA) is 9.23 Å². The highest BCUT2D eigenvalue weighted by molar-refractivity contribution is 4.95. The summed E-state index contributed by atoms with van der Waals surface area (Å²) in [5.41, 5.74) is 0.692. The lowest BCUT2D eigenvalue weighted by atomic mass is 9.59. The van der Waals surface area contributed by atoms with Crippen LogP contribution in [0.3, 0.4) is 0 Å². The van der Waals surface area contributed by atoms with Gasteiger partial charge in [0.25, 0.3) is 0 Å². The molecular formula is C16H32O. The summed E-state index contributed by atoms with van der Waals surface area (Å²) in [6.45, 7) is 16.6. The van der Waals surface area contributed by atoms with E-state index in [0.29, 0.717) is 28.8 Å². The first kappa shape index (κ1) is 15.0. The van der Waals surface area contributed by atoms with E-state index in [9.17, 15) is 0 Å². The van der Waals surface area contributed by atoms with Crippen molar-refractivity contribution in [1.82, 2.24) is 0 Å². The molecule has 0 amide bonds. The van der Waals surface area contributed by atoms with E-state index in [4.69, 9.17) is 4.74 Å². The predicted molar refractivity (Wildman–Crippen MR) is 75.1 cm³/mol. The van der Waals surface area contributed by atoms with E-state index in [1.165, 1.54) is 12.8 Å². The summed E-state index contributed by atoms with van der Waals surface area (Å²) < 4.78 is 5.92. The molecular weight excluding hydrogens is 208 g/mol. The molecule has 102 valence electrons. The predicted octanol–water partition coefficient (Wildman–Crippen LogP) is 4.76. The fourth-order valence-electron chi connectivity index (χ4n) is 3.53. The molecule has 0 saturated heterocycles. The van der Waals surface area contributed by atoms with Crippen molar-refractivity contribution in [2.24, 2.45) is 28.6 Å². The van der Waals surface area contributed by atoms with Gasteiger partial charge in [-0.3, -0.25) is 0 Å². The first-order chi connectivity index (χ1) is 7.57. The molecule has 0 N–H and O–H groups in total. The maximum absolute atomic E-state index is 5.92. The summed E-state index contributed by atoms with van der Waals surface area (Å²) in [5, 5.41) is 0. The van der Waals surface area contributed by atoms with Crippen LogP contribution in [0, 0.1) is 28.6 Å². The smallest absolute Gasteiger partial charge is 0.0637 e. The molecule has 1 heteroatoms. The van der Waals surface area contributed by atoms with E-state index in [0.717, 1.165) is 5.92 Å². The second-order valence-corrected chi connectivity index (χ2v) is 8.22. The third kappa shape index (κ3) is 3.47. The van der Waals surface area contributed by atoms with Crippen molar-refractivity contribution in [3.05, 3.63) is 0 Å². The molecule has 0 aliphatic heterocycles. The van der Waals surface area contributed by atoms with Crippen molar-refractivity contribution >= 4 is 0 Å². The molecule has 0 heterocycles. The van der Waals surface area contributed by atoms with Gasteiger partial charge in [-0.1, -0.05) is 48.5 Å². The SMILES string of the molecule is COC1C(C(C)(C)C)CC(C)CC1C(C)(C)C. The first-order valence-corrected chi connectivity index (χ1v) is 7.10. The third-order valence-corrected chi connectivity index (χ3v) is 4.60. The van der Waals surface area contributed by atoms with E-state index >= 15 is 0 Å². The minimum atomic E-state index is 0.346. The molecule has 1 rings (SSSR count). The Hall–Kier alpha value is -0.0400. The van der Waals surface area contributed by atoms with Gasteiger partial charge < -0.3 is 4.74 Å². The van der Waals surface area contributed by atoms with Crippen LogP contribution in [0.25, 0.3) is 0 Å². The number of rotatable bonds is 1. The van der Waals surface area contributed by atoms with Gasteiger partial charge in [0.15, 0.2) is 0 Å². The normalized spacial score (nSPS) is 36.0. The van der Waals surface area contributed by atoms with E-state index in [1.54, 1.807) is 0 Å². The zero-order valence-electron chi connectivity index (χ0n) is 13.1. The van der Waals surface area contributed by atoms with Crippen LogP contribution >= 0.6 is 0 Å². The van der Waals surface area contributed by atoms with Crippen molar-refractivity contribution in [2.75, 3.05) is 7.11 Å². The van der Waals surface area contributed by atoms with Gasteiger partial charge in [-0.15, -0.1) is 0 Å². The third-order valence-electron chi connectivity index (χ3n) is 4.60. The van der Waals surface area contributed by atoms with E-state index < -0.39 is 0 Å². The molecule has 0 spiro atoms. The standard InChI is InChI=1S/C16H32O/c1-11-9-12(15(2,3)4)14(17-8)13(10-11)16(5,6)7/h11-14H,9-10H2,1-8H3. The fraction of sp³-hybridized carbons (Fsp3) is 1.00. The maximum Gasteiger partial charge on any atom is 0.0637 e. The number of ether oxygens (including phenoxy) is 1. The number of methoxy groups -OCH3 is 1. The Bertz CT molecular complexity index is 219. The first-order valence-electron chi connectivity index (χ1n) is 7.10. The Balaban J connectivity index is 3.00. The van der Waals surface area contributed by atoms with Crippen LogP contribution in [0.1, 0.15) is 61.3 Å². The van der Waals surface area contributed by atoms with Crippen LogP contribution in [0.5, 0.6) is 0 Å². The second-order valence-electron chi connectivity index (χ2n) is 8.22. The highest BCUT2D eigenvalue weighted by atomic mass is 16.5. The molecule has 1 aliphatic carbocycles. The zero-order valence-corrected chi connectivity index (χ0v) is 13.1. The average Bonchev–Trinajstić information content (AvgIpc) is 2.13. The Kier molecular flexibility index (Phi) is 4.34. The Morgan fingerprint density at radius 2 is 1.18 bits per heavy atom. The summed E-state index contributed by atoms with van der Waals surface area (Å²) >= 11 is 0. The van der Waals surface area contributed by atoms with Crippen LogP contribution in [-0.4, -0.2) is 13.2 Å². The van der Waals surface area contributed by atoms with E-state index in [-0.39, 0.29) is 0 Å².